The van der Waals surface area contributed by atoms with Crippen LogP contribution in [0.25, 0.3) is 0 Å². The molecule has 0 spiro atoms. The van der Waals surface area contributed by atoms with Crippen molar-refractivity contribution < 1.29 is 0 Å². The number of hydrazine groups is 1. The molecule has 0 amide bonds. The van der Waals surface area contributed by atoms with Gasteiger partial charge in [-0.1, -0.05) is 30.7 Å². The van der Waals surface area contributed by atoms with E-state index in [-0.39, 0.29) is 6.04 Å². The maximum absolute atomic E-state index is 5.45. The molecular formula is C8H16N4S. The maximum atomic E-state index is 5.45. The number of rotatable bonds is 6. The topological polar surface area (TPSA) is 63.8 Å². The summed E-state index contributed by atoms with van der Waals surface area (Å²) in [6.45, 7) is 2.19. The summed E-state index contributed by atoms with van der Waals surface area (Å²) in [5.74, 6) is 5.45. The van der Waals surface area contributed by atoms with Gasteiger partial charge in [0, 0.05) is 0 Å². The van der Waals surface area contributed by atoms with E-state index in [9.17, 15) is 0 Å². The molecule has 1 aromatic rings. The van der Waals surface area contributed by atoms with E-state index in [1.54, 1.807) is 6.20 Å². The summed E-state index contributed by atoms with van der Waals surface area (Å²) in [6.07, 6.45) is 6.53. The molecule has 0 aliphatic carbocycles. The summed E-state index contributed by atoms with van der Waals surface area (Å²) >= 11 is 1.41. The van der Waals surface area contributed by atoms with Crippen LogP contribution in [0, 0.1) is 0 Å². The first-order valence-corrected chi connectivity index (χ1v) is 5.39. The molecule has 0 aliphatic rings. The van der Waals surface area contributed by atoms with Crippen LogP contribution in [-0.2, 0) is 0 Å². The molecule has 74 valence electrons. The lowest BCUT2D eigenvalue weighted by Gasteiger charge is -2.11. The average Bonchev–Trinajstić information content (AvgIpc) is 2.65. The molecule has 0 saturated heterocycles. The quantitative estimate of drug-likeness (QED) is 0.416. The van der Waals surface area contributed by atoms with Crippen LogP contribution >= 0.6 is 11.5 Å². The lowest BCUT2D eigenvalue weighted by molar-refractivity contribution is 0.492. The predicted molar refractivity (Wildman–Crippen MR) is 54.1 cm³/mol. The van der Waals surface area contributed by atoms with Crippen molar-refractivity contribution in [2.24, 2.45) is 5.84 Å². The molecular weight excluding hydrogens is 184 g/mol. The molecule has 13 heavy (non-hydrogen) atoms. The molecule has 1 heterocycles. The first kappa shape index (κ1) is 10.6. The zero-order valence-electron chi connectivity index (χ0n) is 7.86. The van der Waals surface area contributed by atoms with E-state index in [0.717, 1.165) is 11.3 Å². The van der Waals surface area contributed by atoms with Crippen molar-refractivity contribution in [2.75, 3.05) is 0 Å². The van der Waals surface area contributed by atoms with Crippen molar-refractivity contribution in [3.63, 3.8) is 0 Å². The van der Waals surface area contributed by atoms with Crippen LogP contribution in [0.2, 0.25) is 0 Å². The molecule has 1 atom stereocenters. The summed E-state index contributed by atoms with van der Waals surface area (Å²) < 4.78 is 3.82. The SMILES string of the molecule is CCCCCC(NN)c1cnns1. The van der Waals surface area contributed by atoms with E-state index in [0.29, 0.717) is 0 Å². The van der Waals surface area contributed by atoms with Gasteiger partial charge in [-0.05, 0) is 18.0 Å². The normalized spacial score (nSPS) is 13.1. The first-order valence-electron chi connectivity index (χ1n) is 4.61. The number of nitrogens with two attached hydrogens (primary N) is 1. The fourth-order valence-corrected chi connectivity index (χ4v) is 1.83. The number of nitrogens with zero attached hydrogens (tertiary/aromatic N) is 2. The minimum absolute atomic E-state index is 0.228. The Morgan fingerprint density at radius 3 is 3.00 bits per heavy atom. The maximum Gasteiger partial charge on any atom is 0.0669 e. The Morgan fingerprint density at radius 1 is 1.62 bits per heavy atom. The Labute approximate surface area is 82.7 Å². The third kappa shape index (κ3) is 3.38. The van der Waals surface area contributed by atoms with Crippen LogP contribution in [0.4, 0.5) is 0 Å². The van der Waals surface area contributed by atoms with E-state index < -0.39 is 0 Å². The highest BCUT2D eigenvalue weighted by Gasteiger charge is 2.10. The number of nitrogens with one attached hydrogen (secondary N) is 1. The number of hydrogen-bond donors (Lipinski definition) is 2. The van der Waals surface area contributed by atoms with Gasteiger partial charge < -0.3 is 0 Å². The number of hydrogen-bond acceptors (Lipinski definition) is 5. The van der Waals surface area contributed by atoms with Crippen LogP contribution in [0.3, 0.4) is 0 Å². The average molecular weight is 200 g/mol. The monoisotopic (exact) mass is 200 g/mol. The number of unbranched alkanes of at least 4 members (excludes halogenated alkanes) is 2. The smallest absolute Gasteiger partial charge is 0.0669 e. The largest absolute Gasteiger partial charge is 0.271 e. The van der Waals surface area contributed by atoms with Crippen molar-refractivity contribution in [1.29, 1.82) is 0 Å². The molecule has 3 N–H and O–H groups in total. The molecule has 1 rings (SSSR count). The van der Waals surface area contributed by atoms with E-state index in [1.807, 2.05) is 0 Å². The molecule has 0 fully saturated rings. The third-order valence-electron chi connectivity index (χ3n) is 2.02. The van der Waals surface area contributed by atoms with Crippen molar-refractivity contribution in [3.8, 4) is 0 Å². The van der Waals surface area contributed by atoms with E-state index in [1.165, 1.54) is 30.8 Å². The summed E-state index contributed by atoms with van der Waals surface area (Å²) in [7, 11) is 0. The molecule has 0 bridgehead atoms. The highest BCUT2D eigenvalue weighted by atomic mass is 32.1. The fourth-order valence-electron chi connectivity index (χ4n) is 1.23. The van der Waals surface area contributed by atoms with Crippen molar-refractivity contribution in [2.45, 2.75) is 38.6 Å². The molecule has 1 aromatic heterocycles. The van der Waals surface area contributed by atoms with Gasteiger partial charge in [0.15, 0.2) is 0 Å². The van der Waals surface area contributed by atoms with Gasteiger partial charge in [0.25, 0.3) is 0 Å². The van der Waals surface area contributed by atoms with Gasteiger partial charge in [0.2, 0.25) is 0 Å². The van der Waals surface area contributed by atoms with Gasteiger partial charge in [-0.2, -0.15) is 0 Å². The molecule has 0 radical (unpaired) electrons. The van der Waals surface area contributed by atoms with Crippen LogP contribution in [-0.4, -0.2) is 9.59 Å². The highest BCUT2D eigenvalue weighted by molar-refractivity contribution is 7.05. The van der Waals surface area contributed by atoms with Crippen molar-refractivity contribution in [1.82, 2.24) is 15.0 Å². The molecule has 4 nitrogen and oxygen atoms in total. The van der Waals surface area contributed by atoms with Crippen LogP contribution < -0.4 is 11.3 Å². The summed E-state index contributed by atoms with van der Waals surface area (Å²) in [5, 5.41) is 3.79. The lowest BCUT2D eigenvalue weighted by atomic mass is 10.1. The highest BCUT2D eigenvalue weighted by Crippen LogP contribution is 2.20. The minimum Gasteiger partial charge on any atom is -0.271 e. The van der Waals surface area contributed by atoms with E-state index in [2.05, 4.69) is 21.9 Å². The molecule has 0 saturated carbocycles. The Kier molecular flexibility index (Phi) is 4.88. The summed E-state index contributed by atoms with van der Waals surface area (Å²) in [4.78, 5) is 1.12. The van der Waals surface area contributed by atoms with Gasteiger partial charge in [-0.3, -0.25) is 11.3 Å². The second-order valence-electron chi connectivity index (χ2n) is 3.03. The predicted octanol–water partition coefficient (Wildman–Crippen LogP) is 1.62. The zero-order chi connectivity index (χ0) is 9.52. The van der Waals surface area contributed by atoms with E-state index >= 15 is 0 Å². The zero-order valence-corrected chi connectivity index (χ0v) is 8.68. The van der Waals surface area contributed by atoms with Crippen LogP contribution in [0.1, 0.15) is 43.5 Å². The van der Waals surface area contributed by atoms with Crippen molar-refractivity contribution in [3.05, 3.63) is 11.1 Å². The van der Waals surface area contributed by atoms with Crippen LogP contribution in [0.5, 0.6) is 0 Å². The fraction of sp³-hybridized carbons (Fsp3) is 0.750. The number of aromatic nitrogens is 2. The van der Waals surface area contributed by atoms with E-state index in [4.69, 9.17) is 5.84 Å². The van der Waals surface area contributed by atoms with Gasteiger partial charge in [-0.15, -0.1) is 5.10 Å². The third-order valence-corrected chi connectivity index (χ3v) is 2.80. The Bertz CT molecular complexity index is 212. The Balaban J connectivity index is 2.35. The van der Waals surface area contributed by atoms with Crippen molar-refractivity contribution >= 4 is 11.5 Å². The Morgan fingerprint density at radius 2 is 2.46 bits per heavy atom. The molecule has 0 aromatic carbocycles. The second-order valence-corrected chi connectivity index (χ2v) is 3.85. The Hall–Kier alpha value is -0.520. The van der Waals surface area contributed by atoms with Gasteiger partial charge in [0.1, 0.15) is 0 Å². The first-order chi connectivity index (χ1) is 6.38. The van der Waals surface area contributed by atoms with Gasteiger partial charge in [-0.25, -0.2) is 0 Å². The van der Waals surface area contributed by atoms with Crippen LogP contribution in [0.15, 0.2) is 6.20 Å². The van der Waals surface area contributed by atoms with Gasteiger partial charge >= 0.3 is 0 Å². The molecule has 5 heteroatoms. The molecule has 0 aliphatic heterocycles. The molecule has 1 unspecified atom stereocenters. The lowest BCUT2D eigenvalue weighted by Crippen LogP contribution is -2.27. The standard InChI is InChI=1S/C8H16N4S/c1-2-3-4-5-7(11-9)8-6-10-12-13-8/h6-7,11H,2-5,9H2,1H3. The second kappa shape index (κ2) is 6.01. The van der Waals surface area contributed by atoms with Gasteiger partial charge in [0.05, 0.1) is 17.1 Å². The minimum atomic E-state index is 0.228. The summed E-state index contributed by atoms with van der Waals surface area (Å²) in [6, 6.07) is 0.228. The summed E-state index contributed by atoms with van der Waals surface area (Å²) in [5.41, 5.74) is 2.79.